The normalized spacial score (nSPS) is 15.3. The van der Waals surface area contributed by atoms with E-state index in [1.807, 2.05) is 6.92 Å². The van der Waals surface area contributed by atoms with Crippen molar-refractivity contribution < 1.29 is 10.2 Å². The van der Waals surface area contributed by atoms with E-state index in [2.05, 4.69) is 13.2 Å². The second-order valence-electron chi connectivity index (χ2n) is 3.32. The summed E-state index contributed by atoms with van der Waals surface area (Å²) in [5.41, 5.74) is 1.63. The molecule has 2 atom stereocenters. The highest BCUT2D eigenvalue weighted by atomic mass is 16.3. The summed E-state index contributed by atoms with van der Waals surface area (Å²) in [7, 11) is 0. The Morgan fingerprint density at radius 2 is 1.75 bits per heavy atom. The van der Waals surface area contributed by atoms with Gasteiger partial charge >= 0.3 is 0 Å². The second kappa shape index (κ2) is 5.12. The standard InChI is InChI=1S/C10H18O2/c1-7(2)9(6-11)5-10(12)8(3)4/h9-12H,1,3,5-6H2,2,4H3/t9-,10+/m1/s1. The zero-order valence-electron chi connectivity index (χ0n) is 7.88. The molecule has 2 N–H and O–H groups in total. The molecule has 0 saturated heterocycles. The average Bonchev–Trinajstić information content (AvgIpc) is 1.98. The van der Waals surface area contributed by atoms with E-state index in [0.29, 0.717) is 6.42 Å². The van der Waals surface area contributed by atoms with Gasteiger partial charge in [-0.25, -0.2) is 0 Å². The van der Waals surface area contributed by atoms with Gasteiger partial charge in [-0.2, -0.15) is 0 Å². The molecule has 0 spiro atoms. The van der Waals surface area contributed by atoms with E-state index in [0.717, 1.165) is 11.1 Å². The van der Waals surface area contributed by atoms with Crippen LogP contribution >= 0.6 is 0 Å². The topological polar surface area (TPSA) is 40.5 Å². The lowest BCUT2D eigenvalue weighted by Gasteiger charge is -2.18. The van der Waals surface area contributed by atoms with E-state index in [1.165, 1.54) is 0 Å². The maximum Gasteiger partial charge on any atom is 0.0751 e. The third kappa shape index (κ3) is 3.69. The minimum absolute atomic E-state index is 0.0169. The summed E-state index contributed by atoms with van der Waals surface area (Å²) < 4.78 is 0. The van der Waals surface area contributed by atoms with Crippen LogP contribution in [0.5, 0.6) is 0 Å². The van der Waals surface area contributed by atoms with Crippen molar-refractivity contribution in [1.82, 2.24) is 0 Å². The number of hydrogen-bond acceptors (Lipinski definition) is 2. The first-order chi connectivity index (χ1) is 5.49. The van der Waals surface area contributed by atoms with Crippen molar-refractivity contribution in [2.75, 3.05) is 6.61 Å². The minimum atomic E-state index is -0.529. The fourth-order valence-corrected chi connectivity index (χ4v) is 0.902. The number of aliphatic hydroxyl groups excluding tert-OH is 2. The molecule has 12 heavy (non-hydrogen) atoms. The minimum Gasteiger partial charge on any atom is -0.396 e. The molecule has 0 amide bonds. The molecule has 0 unspecified atom stereocenters. The van der Waals surface area contributed by atoms with Gasteiger partial charge in [0.2, 0.25) is 0 Å². The lowest BCUT2D eigenvalue weighted by Crippen LogP contribution is -2.17. The molecule has 0 rings (SSSR count). The Labute approximate surface area is 74.2 Å². The molecular weight excluding hydrogens is 152 g/mol. The summed E-state index contributed by atoms with van der Waals surface area (Å²) in [5, 5.41) is 18.4. The molecular formula is C10H18O2. The third-order valence-corrected chi connectivity index (χ3v) is 1.99. The van der Waals surface area contributed by atoms with E-state index in [-0.39, 0.29) is 12.5 Å². The molecule has 0 aliphatic rings. The van der Waals surface area contributed by atoms with Gasteiger partial charge in [0, 0.05) is 12.5 Å². The van der Waals surface area contributed by atoms with Gasteiger partial charge in [0.05, 0.1) is 6.10 Å². The quantitative estimate of drug-likeness (QED) is 0.614. The maximum atomic E-state index is 9.43. The van der Waals surface area contributed by atoms with Crippen LogP contribution in [-0.2, 0) is 0 Å². The zero-order valence-corrected chi connectivity index (χ0v) is 7.88. The predicted octanol–water partition coefficient (Wildman–Crippen LogP) is 1.50. The van der Waals surface area contributed by atoms with Gasteiger partial charge in [0.15, 0.2) is 0 Å². The fraction of sp³-hybridized carbons (Fsp3) is 0.600. The van der Waals surface area contributed by atoms with Crippen molar-refractivity contribution >= 4 is 0 Å². The van der Waals surface area contributed by atoms with Crippen molar-refractivity contribution in [2.24, 2.45) is 5.92 Å². The van der Waals surface area contributed by atoms with Crippen molar-refractivity contribution in [3.63, 3.8) is 0 Å². The summed E-state index contributed by atoms with van der Waals surface area (Å²) in [5.74, 6) is -0.0169. The Balaban J connectivity index is 4.02. The first-order valence-electron chi connectivity index (χ1n) is 4.08. The average molecular weight is 170 g/mol. The summed E-state index contributed by atoms with van der Waals surface area (Å²) in [6, 6.07) is 0. The Bertz CT molecular complexity index is 173. The van der Waals surface area contributed by atoms with Crippen LogP contribution < -0.4 is 0 Å². The Kier molecular flexibility index (Phi) is 4.86. The number of hydrogen-bond donors (Lipinski definition) is 2. The molecule has 0 heterocycles. The Morgan fingerprint density at radius 1 is 1.25 bits per heavy atom. The van der Waals surface area contributed by atoms with E-state index in [1.54, 1.807) is 6.92 Å². The summed E-state index contributed by atoms with van der Waals surface area (Å²) in [6.45, 7) is 11.0. The molecule has 0 aliphatic heterocycles. The molecule has 70 valence electrons. The smallest absolute Gasteiger partial charge is 0.0751 e. The predicted molar refractivity (Wildman–Crippen MR) is 50.8 cm³/mol. The van der Waals surface area contributed by atoms with Gasteiger partial charge in [0.1, 0.15) is 0 Å². The van der Waals surface area contributed by atoms with E-state index in [9.17, 15) is 5.11 Å². The van der Waals surface area contributed by atoms with Crippen LogP contribution in [0.15, 0.2) is 24.3 Å². The lowest BCUT2D eigenvalue weighted by molar-refractivity contribution is 0.153. The molecule has 2 heteroatoms. The maximum absolute atomic E-state index is 9.43. The Morgan fingerprint density at radius 3 is 2.00 bits per heavy atom. The third-order valence-electron chi connectivity index (χ3n) is 1.99. The van der Waals surface area contributed by atoms with Gasteiger partial charge in [-0.05, 0) is 20.3 Å². The summed E-state index contributed by atoms with van der Waals surface area (Å²) >= 11 is 0. The number of rotatable bonds is 5. The van der Waals surface area contributed by atoms with Crippen molar-refractivity contribution in [3.8, 4) is 0 Å². The van der Waals surface area contributed by atoms with Crippen LogP contribution in [0.25, 0.3) is 0 Å². The highest BCUT2D eigenvalue weighted by Gasteiger charge is 2.14. The van der Waals surface area contributed by atoms with Gasteiger partial charge < -0.3 is 10.2 Å². The van der Waals surface area contributed by atoms with Gasteiger partial charge in [0.25, 0.3) is 0 Å². The highest BCUT2D eigenvalue weighted by molar-refractivity contribution is 5.03. The fourth-order valence-electron chi connectivity index (χ4n) is 0.902. The van der Waals surface area contributed by atoms with E-state index in [4.69, 9.17) is 5.11 Å². The molecule has 2 nitrogen and oxygen atoms in total. The zero-order chi connectivity index (χ0) is 9.72. The molecule has 0 aliphatic carbocycles. The largest absolute Gasteiger partial charge is 0.396 e. The van der Waals surface area contributed by atoms with Crippen LogP contribution in [-0.4, -0.2) is 22.9 Å². The molecule has 0 radical (unpaired) electrons. The van der Waals surface area contributed by atoms with E-state index >= 15 is 0 Å². The summed E-state index contributed by atoms with van der Waals surface area (Å²) in [4.78, 5) is 0. The molecule has 0 aromatic heterocycles. The van der Waals surface area contributed by atoms with Crippen molar-refractivity contribution in [1.29, 1.82) is 0 Å². The summed E-state index contributed by atoms with van der Waals surface area (Å²) in [6.07, 6.45) is -0.0138. The van der Waals surface area contributed by atoms with Crippen LogP contribution in [0, 0.1) is 5.92 Å². The van der Waals surface area contributed by atoms with Gasteiger partial charge in [-0.15, -0.1) is 0 Å². The number of aliphatic hydroxyl groups is 2. The van der Waals surface area contributed by atoms with Gasteiger partial charge in [-0.1, -0.05) is 24.3 Å². The van der Waals surface area contributed by atoms with Crippen LogP contribution in [0.3, 0.4) is 0 Å². The van der Waals surface area contributed by atoms with E-state index < -0.39 is 6.10 Å². The SMILES string of the molecule is C=C(C)[C@@H](CO)C[C@H](O)C(=C)C. The van der Waals surface area contributed by atoms with Crippen molar-refractivity contribution in [3.05, 3.63) is 24.3 Å². The molecule has 0 saturated carbocycles. The molecule has 0 aromatic carbocycles. The lowest BCUT2D eigenvalue weighted by atomic mass is 9.94. The first kappa shape index (κ1) is 11.4. The van der Waals surface area contributed by atoms with Crippen molar-refractivity contribution in [2.45, 2.75) is 26.4 Å². The Hall–Kier alpha value is -0.600. The molecule has 0 bridgehead atoms. The molecule has 0 fully saturated rings. The highest BCUT2D eigenvalue weighted by Crippen LogP contribution is 2.17. The monoisotopic (exact) mass is 170 g/mol. The van der Waals surface area contributed by atoms with Gasteiger partial charge in [-0.3, -0.25) is 0 Å². The van der Waals surface area contributed by atoms with Crippen LogP contribution in [0.4, 0.5) is 0 Å². The first-order valence-corrected chi connectivity index (χ1v) is 4.08. The second-order valence-corrected chi connectivity index (χ2v) is 3.32. The molecule has 0 aromatic rings. The van der Waals surface area contributed by atoms with Crippen LogP contribution in [0.2, 0.25) is 0 Å². The van der Waals surface area contributed by atoms with Crippen LogP contribution in [0.1, 0.15) is 20.3 Å².